The van der Waals surface area contributed by atoms with E-state index in [9.17, 15) is 13.6 Å². The Hall–Kier alpha value is -3.90. The number of pyridine rings is 1. The zero-order valence-electron chi connectivity index (χ0n) is 28.3. The average molecular weight is 697 g/mol. The quantitative estimate of drug-likeness (QED) is 0.204. The standard InChI is InChI=1S/C36H40ClF3N6O3/c1-20-26(12-15-46(20)34(47)49-35(2,3)4)44(5)32-24-17-41-30(23-9-6-8-21-10-11-25(39)28(37)27(21)23)29(40)31(24)42-33(43-32)48-19-36-13-7-14-45(36)18-22(38)16-36/h6,8-11,17,20,22,26H,7,12-16,18-19H2,1-5H3/t20-,22+,26-,36-/m0/s1. The largest absolute Gasteiger partial charge is 0.461 e. The summed E-state index contributed by atoms with van der Waals surface area (Å²) in [7, 11) is 1.84. The van der Waals surface area contributed by atoms with Gasteiger partial charge >= 0.3 is 12.1 Å². The summed E-state index contributed by atoms with van der Waals surface area (Å²) >= 11 is 6.41. The number of rotatable bonds is 6. The number of nitrogens with zero attached hydrogens (tertiary/aromatic N) is 6. The molecule has 9 nitrogen and oxygen atoms in total. The van der Waals surface area contributed by atoms with Crippen LogP contribution in [0.4, 0.5) is 23.8 Å². The number of aromatic nitrogens is 3. The number of ether oxygens (including phenoxy) is 2. The minimum absolute atomic E-state index is 0.0356. The molecule has 3 aliphatic heterocycles. The van der Waals surface area contributed by atoms with Crippen LogP contribution < -0.4 is 9.64 Å². The van der Waals surface area contributed by atoms with E-state index in [-0.39, 0.29) is 40.9 Å². The highest BCUT2D eigenvalue weighted by atomic mass is 35.5. The highest BCUT2D eigenvalue weighted by Gasteiger charge is 2.49. The molecule has 3 saturated heterocycles. The Morgan fingerprint density at radius 2 is 1.96 bits per heavy atom. The van der Waals surface area contributed by atoms with Crippen molar-refractivity contribution in [1.82, 2.24) is 24.8 Å². The molecule has 4 aromatic rings. The lowest BCUT2D eigenvalue weighted by Gasteiger charge is -2.33. The van der Waals surface area contributed by atoms with Gasteiger partial charge in [-0.25, -0.2) is 18.0 Å². The van der Waals surface area contributed by atoms with Gasteiger partial charge in [-0.15, -0.1) is 0 Å². The summed E-state index contributed by atoms with van der Waals surface area (Å²) in [5.74, 6) is -0.996. The molecule has 13 heteroatoms. The van der Waals surface area contributed by atoms with E-state index in [4.69, 9.17) is 26.1 Å². The van der Waals surface area contributed by atoms with Crippen LogP contribution in [0.1, 0.15) is 53.4 Å². The van der Waals surface area contributed by atoms with Crippen molar-refractivity contribution >= 4 is 45.2 Å². The summed E-state index contributed by atoms with van der Waals surface area (Å²) in [6.07, 6.45) is 2.85. The molecule has 0 bridgehead atoms. The molecule has 0 saturated carbocycles. The second-order valence-corrected chi connectivity index (χ2v) is 14.9. The van der Waals surface area contributed by atoms with Gasteiger partial charge in [0.15, 0.2) is 5.82 Å². The van der Waals surface area contributed by atoms with E-state index in [1.807, 2.05) is 39.6 Å². The molecule has 49 heavy (non-hydrogen) atoms. The molecule has 2 aromatic carbocycles. The molecular weight excluding hydrogens is 657 g/mol. The molecule has 2 aromatic heterocycles. The van der Waals surface area contributed by atoms with Crippen LogP contribution >= 0.6 is 11.6 Å². The first kappa shape index (κ1) is 33.6. The zero-order valence-corrected chi connectivity index (χ0v) is 29.0. The van der Waals surface area contributed by atoms with Crippen molar-refractivity contribution in [2.24, 2.45) is 0 Å². The third kappa shape index (κ3) is 6.00. The molecular formula is C36H40ClF3N6O3. The van der Waals surface area contributed by atoms with Crippen molar-refractivity contribution in [3.05, 3.63) is 53.2 Å². The molecule has 0 spiro atoms. The maximum Gasteiger partial charge on any atom is 0.410 e. The van der Waals surface area contributed by atoms with Crippen molar-refractivity contribution in [3.63, 3.8) is 0 Å². The number of carbonyl (C=O) groups is 1. The van der Waals surface area contributed by atoms with Crippen molar-refractivity contribution in [2.75, 3.05) is 38.2 Å². The van der Waals surface area contributed by atoms with Crippen LogP contribution in [0.15, 0.2) is 36.5 Å². The van der Waals surface area contributed by atoms with Gasteiger partial charge in [0.25, 0.3) is 0 Å². The Morgan fingerprint density at radius 1 is 1.16 bits per heavy atom. The second kappa shape index (κ2) is 12.5. The normalized spacial score (nSPS) is 24.2. The van der Waals surface area contributed by atoms with Gasteiger partial charge in [-0.3, -0.25) is 9.88 Å². The third-order valence-electron chi connectivity index (χ3n) is 10.2. The monoisotopic (exact) mass is 696 g/mol. The van der Waals surface area contributed by atoms with Crippen molar-refractivity contribution in [2.45, 2.75) is 82.8 Å². The number of hydrogen-bond donors (Lipinski definition) is 0. The minimum Gasteiger partial charge on any atom is -0.461 e. The first-order chi connectivity index (χ1) is 23.3. The summed E-state index contributed by atoms with van der Waals surface area (Å²) in [6.45, 7) is 9.20. The van der Waals surface area contributed by atoms with Crippen LogP contribution in [0.25, 0.3) is 32.9 Å². The van der Waals surface area contributed by atoms with E-state index in [1.165, 1.54) is 12.3 Å². The molecule has 5 heterocycles. The number of fused-ring (bicyclic) bond motifs is 3. The fourth-order valence-electron chi connectivity index (χ4n) is 7.87. The van der Waals surface area contributed by atoms with Gasteiger partial charge in [-0.2, -0.15) is 9.97 Å². The topological polar surface area (TPSA) is 83.9 Å². The van der Waals surface area contributed by atoms with Gasteiger partial charge in [0, 0.05) is 43.7 Å². The Kier molecular flexibility index (Phi) is 8.54. The van der Waals surface area contributed by atoms with Gasteiger partial charge in [0.05, 0.1) is 28.0 Å². The predicted molar refractivity (Wildman–Crippen MR) is 183 cm³/mol. The Morgan fingerprint density at radius 3 is 2.73 bits per heavy atom. The van der Waals surface area contributed by atoms with Gasteiger partial charge in [-0.1, -0.05) is 35.9 Å². The first-order valence-corrected chi connectivity index (χ1v) is 17.1. The lowest BCUT2D eigenvalue weighted by Crippen LogP contribution is -2.45. The number of amides is 1. The summed E-state index contributed by atoms with van der Waals surface area (Å²) in [4.78, 5) is 32.6. The van der Waals surface area contributed by atoms with Crippen LogP contribution in [0.5, 0.6) is 6.01 Å². The average Bonchev–Trinajstić information content (AvgIpc) is 3.72. The van der Waals surface area contributed by atoms with Crippen LogP contribution in [0.3, 0.4) is 0 Å². The van der Waals surface area contributed by atoms with E-state index >= 15 is 4.39 Å². The summed E-state index contributed by atoms with van der Waals surface area (Å²) in [6, 6.07) is 7.48. The number of likely N-dealkylation sites (N-methyl/N-ethyl adjacent to an activating group) is 1. The number of alkyl halides is 1. The molecule has 3 fully saturated rings. The lowest BCUT2D eigenvalue weighted by atomic mass is 9.95. The molecule has 3 aliphatic rings. The number of carbonyl (C=O) groups excluding carboxylic acids is 1. The molecule has 0 radical (unpaired) electrons. The van der Waals surface area contributed by atoms with E-state index in [0.29, 0.717) is 53.5 Å². The van der Waals surface area contributed by atoms with E-state index in [1.54, 1.807) is 29.2 Å². The van der Waals surface area contributed by atoms with Crippen molar-refractivity contribution < 1.29 is 27.4 Å². The van der Waals surface area contributed by atoms with Crippen LogP contribution in [-0.2, 0) is 4.74 Å². The van der Waals surface area contributed by atoms with E-state index in [0.717, 1.165) is 19.4 Å². The summed E-state index contributed by atoms with van der Waals surface area (Å²) in [5.41, 5.74) is -0.886. The number of anilines is 1. The number of hydrogen-bond acceptors (Lipinski definition) is 8. The maximum absolute atomic E-state index is 16.8. The van der Waals surface area contributed by atoms with Crippen LogP contribution in [0.2, 0.25) is 5.02 Å². The van der Waals surface area contributed by atoms with Crippen molar-refractivity contribution in [3.8, 4) is 17.3 Å². The Bertz CT molecular complexity index is 1940. The van der Waals surface area contributed by atoms with Gasteiger partial charge < -0.3 is 19.3 Å². The SMILES string of the molecule is C[C@H]1[C@@H](N(C)c2nc(OC[C@@]34CCCN3C[C@H](F)C4)nc3c(F)c(-c4cccc5ccc(F)c(Cl)c45)ncc23)CCN1C(=O)OC(C)(C)C. The van der Waals surface area contributed by atoms with Crippen LogP contribution in [0, 0.1) is 11.6 Å². The molecule has 7 rings (SSSR count). The summed E-state index contributed by atoms with van der Waals surface area (Å²) < 4.78 is 57.9. The molecule has 1 amide bonds. The lowest BCUT2D eigenvalue weighted by molar-refractivity contribution is 0.0233. The zero-order chi connectivity index (χ0) is 34.8. The minimum atomic E-state index is -0.941. The van der Waals surface area contributed by atoms with E-state index < -0.39 is 35.0 Å². The summed E-state index contributed by atoms with van der Waals surface area (Å²) in [5, 5.41) is 1.17. The molecule has 0 N–H and O–H groups in total. The van der Waals surface area contributed by atoms with Crippen molar-refractivity contribution in [1.29, 1.82) is 0 Å². The first-order valence-electron chi connectivity index (χ1n) is 16.7. The van der Waals surface area contributed by atoms with Crippen LogP contribution in [-0.4, -0.2) is 93.5 Å². The highest BCUT2D eigenvalue weighted by molar-refractivity contribution is 6.36. The smallest absolute Gasteiger partial charge is 0.410 e. The van der Waals surface area contributed by atoms with E-state index in [2.05, 4.69) is 14.9 Å². The fraction of sp³-hybridized carbons (Fsp3) is 0.500. The second-order valence-electron chi connectivity index (χ2n) is 14.5. The third-order valence-corrected chi connectivity index (χ3v) is 10.6. The Labute approximate surface area is 288 Å². The van der Waals surface area contributed by atoms with Gasteiger partial charge in [-0.05, 0) is 65.0 Å². The molecule has 0 aliphatic carbocycles. The highest BCUT2D eigenvalue weighted by Crippen LogP contribution is 2.42. The number of benzene rings is 2. The number of likely N-dealkylation sites (tertiary alicyclic amines) is 1. The molecule has 260 valence electrons. The fourth-order valence-corrected chi connectivity index (χ4v) is 8.15. The van der Waals surface area contributed by atoms with Gasteiger partial charge in [0.2, 0.25) is 0 Å². The molecule has 0 unspecified atom stereocenters. The number of halogens is 4. The van der Waals surface area contributed by atoms with Gasteiger partial charge in [0.1, 0.15) is 41.2 Å². The molecule has 4 atom stereocenters. The predicted octanol–water partition coefficient (Wildman–Crippen LogP) is 7.57. The maximum atomic E-state index is 16.8. The Balaban J connectivity index is 1.31.